The van der Waals surface area contributed by atoms with Gasteiger partial charge in [-0.1, -0.05) is 11.6 Å². The van der Waals surface area contributed by atoms with Gasteiger partial charge in [0.25, 0.3) is 0 Å². The van der Waals surface area contributed by atoms with Crippen LogP contribution in [0.1, 0.15) is 24.8 Å². The Labute approximate surface area is 125 Å². The average Bonchev–Trinajstić information content (AvgIpc) is 2.81. The number of hydrogen-bond donors (Lipinski definition) is 0. The SMILES string of the molecule is CN1CCC2(CCN(c3ccc(C#N)c(Cl)c3)CC2)C1. The van der Waals surface area contributed by atoms with Crippen molar-refractivity contribution in [2.45, 2.75) is 19.3 Å². The van der Waals surface area contributed by atoms with Crippen molar-refractivity contribution in [3.63, 3.8) is 0 Å². The zero-order chi connectivity index (χ0) is 14.2. The molecule has 1 spiro atoms. The Kier molecular flexibility index (Phi) is 3.62. The number of nitrogens with zero attached hydrogens (tertiary/aromatic N) is 3. The number of rotatable bonds is 1. The molecule has 0 bridgehead atoms. The zero-order valence-electron chi connectivity index (χ0n) is 11.9. The molecule has 2 heterocycles. The third-order valence-corrected chi connectivity index (χ3v) is 5.20. The molecule has 0 saturated carbocycles. The molecule has 0 unspecified atom stereocenters. The fraction of sp³-hybridized carbons (Fsp3) is 0.562. The summed E-state index contributed by atoms with van der Waals surface area (Å²) in [5, 5.41) is 9.49. The van der Waals surface area contributed by atoms with Crippen LogP contribution in [0.5, 0.6) is 0 Å². The first-order valence-corrected chi connectivity index (χ1v) is 7.63. The van der Waals surface area contributed by atoms with Crippen molar-refractivity contribution < 1.29 is 0 Å². The number of likely N-dealkylation sites (tertiary alicyclic amines) is 1. The van der Waals surface area contributed by atoms with Crippen LogP contribution in [0.2, 0.25) is 5.02 Å². The van der Waals surface area contributed by atoms with Gasteiger partial charge in [-0.15, -0.1) is 0 Å². The van der Waals surface area contributed by atoms with Crippen molar-refractivity contribution in [3.05, 3.63) is 28.8 Å². The predicted octanol–water partition coefficient (Wildman–Crippen LogP) is 3.13. The second kappa shape index (κ2) is 5.27. The highest BCUT2D eigenvalue weighted by Crippen LogP contribution is 2.41. The summed E-state index contributed by atoms with van der Waals surface area (Å²) in [5.74, 6) is 0. The Morgan fingerprint density at radius 1 is 1.20 bits per heavy atom. The lowest BCUT2D eigenvalue weighted by atomic mass is 9.77. The maximum atomic E-state index is 8.93. The van der Waals surface area contributed by atoms with E-state index in [1.165, 1.54) is 32.4 Å². The number of hydrogen-bond acceptors (Lipinski definition) is 3. The molecule has 0 radical (unpaired) electrons. The van der Waals surface area contributed by atoms with E-state index in [-0.39, 0.29) is 0 Å². The van der Waals surface area contributed by atoms with E-state index in [9.17, 15) is 0 Å². The first-order chi connectivity index (χ1) is 9.62. The molecule has 0 atom stereocenters. The highest BCUT2D eigenvalue weighted by atomic mass is 35.5. The van der Waals surface area contributed by atoms with Crippen molar-refractivity contribution in [2.24, 2.45) is 5.41 Å². The minimum atomic E-state index is 0.543. The molecule has 2 aliphatic rings. The Balaban J connectivity index is 1.69. The fourth-order valence-corrected chi connectivity index (χ4v) is 3.81. The lowest BCUT2D eigenvalue weighted by molar-refractivity contribution is 0.222. The normalized spacial score (nSPS) is 22.1. The van der Waals surface area contributed by atoms with E-state index in [4.69, 9.17) is 16.9 Å². The van der Waals surface area contributed by atoms with Crippen LogP contribution < -0.4 is 4.90 Å². The van der Waals surface area contributed by atoms with E-state index in [0.717, 1.165) is 18.8 Å². The molecule has 0 amide bonds. The molecule has 0 aliphatic carbocycles. The van der Waals surface area contributed by atoms with Gasteiger partial charge in [0.2, 0.25) is 0 Å². The van der Waals surface area contributed by atoms with E-state index in [2.05, 4.69) is 22.9 Å². The maximum Gasteiger partial charge on any atom is 0.101 e. The Hall–Kier alpha value is -1.24. The third-order valence-electron chi connectivity index (χ3n) is 4.89. The van der Waals surface area contributed by atoms with Crippen LogP contribution in [0.25, 0.3) is 0 Å². The molecule has 0 N–H and O–H groups in total. The summed E-state index contributed by atoms with van der Waals surface area (Å²) in [6, 6.07) is 7.89. The van der Waals surface area contributed by atoms with Gasteiger partial charge in [-0.25, -0.2) is 0 Å². The summed E-state index contributed by atoms with van der Waals surface area (Å²) >= 11 is 6.13. The number of piperidine rings is 1. The summed E-state index contributed by atoms with van der Waals surface area (Å²) in [5.41, 5.74) is 2.25. The van der Waals surface area contributed by atoms with Crippen molar-refractivity contribution in [2.75, 3.05) is 38.1 Å². The highest BCUT2D eigenvalue weighted by Gasteiger charge is 2.39. The van der Waals surface area contributed by atoms with Gasteiger partial charge in [-0.3, -0.25) is 0 Å². The zero-order valence-corrected chi connectivity index (χ0v) is 12.7. The molecule has 4 heteroatoms. The van der Waals surface area contributed by atoms with E-state index < -0.39 is 0 Å². The third kappa shape index (κ3) is 2.51. The molecule has 2 saturated heterocycles. The van der Waals surface area contributed by atoms with Gasteiger partial charge in [0.05, 0.1) is 10.6 Å². The van der Waals surface area contributed by atoms with E-state index >= 15 is 0 Å². The number of benzene rings is 1. The minimum absolute atomic E-state index is 0.543. The topological polar surface area (TPSA) is 30.3 Å². The fourth-order valence-electron chi connectivity index (χ4n) is 3.60. The van der Waals surface area contributed by atoms with Gasteiger partial charge in [-0.2, -0.15) is 5.26 Å². The molecule has 1 aromatic rings. The molecule has 2 aliphatic heterocycles. The molecule has 3 nitrogen and oxygen atoms in total. The summed E-state index contributed by atoms with van der Waals surface area (Å²) in [6.45, 7) is 4.67. The smallest absolute Gasteiger partial charge is 0.101 e. The molecular weight excluding hydrogens is 270 g/mol. The van der Waals surface area contributed by atoms with Gasteiger partial charge >= 0.3 is 0 Å². The van der Waals surface area contributed by atoms with Crippen molar-refractivity contribution in [1.29, 1.82) is 5.26 Å². The molecular formula is C16H20ClN3. The molecule has 106 valence electrons. The Bertz CT molecular complexity index is 541. The van der Waals surface area contributed by atoms with E-state index in [1.54, 1.807) is 0 Å². The lowest BCUT2D eigenvalue weighted by Crippen LogP contribution is -2.41. The largest absolute Gasteiger partial charge is 0.371 e. The van der Waals surface area contributed by atoms with Gasteiger partial charge in [0.1, 0.15) is 6.07 Å². The van der Waals surface area contributed by atoms with Crippen molar-refractivity contribution >= 4 is 17.3 Å². The van der Waals surface area contributed by atoms with Crippen LogP contribution in [-0.2, 0) is 0 Å². The average molecular weight is 290 g/mol. The van der Waals surface area contributed by atoms with Crippen LogP contribution >= 0.6 is 11.6 Å². The number of nitriles is 1. The van der Waals surface area contributed by atoms with Crippen LogP contribution in [-0.4, -0.2) is 38.1 Å². The summed E-state index contributed by atoms with van der Waals surface area (Å²) in [4.78, 5) is 4.85. The van der Waals surface area contributed by atoms with Crippen molar-refractivity contribution in [1.82, 2.24) is 4.90 Å². The molecule has 0 aromatic heterocycles. The summed E-state index contributed by atoms with van der Waals surface area (Å²) < 4.78 is 0. The van der Waals surface area contributed by atoms with Gasteiger partial charge in [0, 0.05) is 25.3 Å². The second-order valence-electron chi connectivity index (χ2n) is 6.25. The monoisotopic (exact) mass is 289 g/mol. The lowest BCUT2D eigenvalue weighted by Gasteiger charge is -2.40. The number of halogens is 1. The van der Waals surface area contributed by atoms with Crippen LogP contribution in [0.15, 0.2) is 18.2 Å². The van der Waals surface area contributed by atoms with Gasteiger partial charge < -0.3 is 9.80 Å². The quantitative estimate of drug-likeness (QED) is 0.796. The van der Waals surface area contributed by atoms with Crippen LogP contribution in [0.4, 0.5) is 5.69 Å². The molecule has 3 rings (SSSR count). The Morgan fingerprint density at radius 3 is 2.45 bits per heavy atom. The highest BCUT2D eigenvalue weighted by molar-refractivity contribution is 6.32. The predicted molar refractivity (Wildman–Crippen MR) is 82.2 cm³/mol. The molecule has 20 heavy (non-hydrogen) atoms. The summed E-state index contributed by atoms with van der Waals surface area (Å²) in [6.07, 6.45) is 3.86. The Morgan fingerprint density at radius 2 is 1.90 bits per heavy atom. The number of anilines is 1. The standard InChI is InChI=1S/C16H20ClN3/c1-19-7-4-16(12-19)5-8-20(9-6-16)14-3-2-13(11-18)15(17)10-14/h2-3,10H,4-9,12H2,1H3. The van der Waals surface area contributed by atoms with E-state index in [1.807, 2.05) is 18.2 Å². The molecule has 2 fully saturated rings. The van der Waals surface area contributed by atoms with E-state index in [0.29, 0.717) is 16.0 Å². The summed E-state index contributed by atoms with van der Waals surface area (Å²) in [7, 11) is 2.22. The maximum absolute atomic E-state index is 8.93. The first-order valence-electron chi connectivity index (χ1n) is 7.25. The van der Waals surface area contributed by atoms with Crippen LogP contribution in [0, 0.1) is 16.7 Å². The van der Waals surface area contributed by atoms with Crippen LogP contribution in [0.3, 0.4) is 0 Å². The minimum Gasteiger partial charge on any atom is -0.371 e. The van der Waals surface area contributed by atoms with Gasteiger partial charge in [0.15, 0.2) is 0 Å². The van der Waals surface area contributed by atoms with Crippen molar-refractivity contribution in [3.8, 4) is 6.07 Å². The second-order valence-corrected chi connectivity index (χ2v) is 6.66. The molecule has 1 aromatic carbocycles. The van der Waals surface area contributed by atoms with Gasteiger partial charge in [-0.05, 0) is 56.5 Å². The first kappa shape index (κ1) is 13.7.